The van der Waals surface area contributed by atoms with E-state index in [4.69, 9.17) is 0 Å². The van der Waals surface area contributed by atoms with Crippen LogP contribution in [0.1, 0.15) is 17.5 Å². The maximum absolute atomic E-state index is 13.1. The van der Waals surface area contributed by atoms with E-state index in [0.29, 0.717) is 16.5 Å². The maximum Gasteiger partial charge on any atom is 0.261 e. The van der Waals surface area contributed by atoms with Crippen molar-refractivity contribution >= 4 is 16.8 Å². The lowest BCUT2D eigenvalue weighted by atomic mass is 10.1. The molecule has 0 aliphatic carbocycles. The van der Waals surface area contributed by atoms with Gasteiger partial charge in [0.2, 0.25) is 5.91 Å². The smallest absolute Gasteiger partial charge is 0.261 e. The molecule has 1 heterocycles. The molecule has 3 rings (SSSR count). The summed E-state index contributed by atoms with van der Waals surface area (Å²) >= 11 is 0. The number of benzene rings is 2. The second-order valence-corrected chi connectivity index (χ2v) is 6.02. The second-order valence-electron chi connectivity index (χ2n) is 6.02. The van der Waals surface area contributed by atoms with Crippen molar-refractivity contribution < 1.29 is 13.6 Å². The van der Waals surface area contributed by atoms with Crippen LogP contribution in [0, 0.1) is 18.6 Å². The molecule has 134 valence electrons. The van der Waals surface area contributed by atoms with Gasteiger partial charge in [0.05, 0.1) is 17.2 Å². The molecule has 0 unspecified atom stereocenters. The Bertz CT molecular complexity index is 1010. The lowest BCUT2D eigenvalue weighted by Crippen LogP contribution is -2.27. The highest BCUT2D eigenvalue weighted by Crippen LogP contribution is 2.11. The van der Waals surface area contributed by atoms with E-state index in [0.717, 1.165) is 23.8 Å². The number of aryl methyl sites for hydroxylation is 2. The molecule has 7 heteroatoms. The van der Waals surface area contributed by atoms with Crippen LogP contribution >= 0.6 is 0 Å². The number of fused-ring (bicyclic) bond motifs is 1. The first-order chi connectivity index (χ1) is 12.4. The zero-order valence-electron chi connectivity index (χ0n) is 14.1. The van der Waals surface area contributed by atoms with Gasteiger partial charge in [-0.25, -0.2) is 13.8 Å². The summed E-state index contributed by atoms with van der Waals surface area (Å²) in [6, 6.07) is 8.45. The van der Waals surface area contributed by atoms with Crippen molar-refractivity contribution in [1.82, 2.24) is 14.9 Å². The summed E-state index contributed by atoms with van der Waals surface area (Å²) in [6.07, 6.45) is 1.48. The summed E-state index contributed by atoms with van der Waals surface area (Å²) in [5.74, 6) is -1.72. The molecule has 1 aromatic heterocycles. The first kappa shape index (κ1) is 17.7. The highest BCUT2D eigenvalue weighted by Gasteiger charge is 2.08. The van der Waals surface area contributed by atoms with E-state index in [-0.39, 0.29) is 31.0 Å². The van der Waals surface area contributed by atoms with Gasteiger partial charge in [-0.2, -0.15) is 0 Å². The normalized spacial score (nSPS) is 10.9. The van der Waals surface area contributed by atoms with Crippen LogP contribution in [-0.4, -0.2) is 15.5 Å². The average Bonchev–Trinajstić information content (AvgIpc) is 2.59. The highest BCUT2D eigenvalue weighted by molar-refractivity contribution is 5.80. The number of hydrogen-bond donors (Lipinski definition) is 1. The lowest BCUT2D eigenvalue weighted by Gasteiger charge is -2.09. The number of nitrogens with zero attached hydrogens (tertiary/aromatic N) is 2. The molecule has 2 aromatic carbocycles. The van der Waals surface area contributed by atoms with E-state index in [9.17, 15) is 18.4 Å². The summed E-state index contributed by atoms with van der Waals surface area (Å²) in [5, 5.41) is 3.08. The third-order valence-corrected chi connectivity index (χ3v) is 4.05. The largest absolute Gasteiger partial charge is 0.352 e. The monoisotopic (exact) mass is 357 g/mol. The van der Waals surface area contributed by atoms with E-state index in [2.05, 4.69) is 10.3 Å². The van der Waals surface area contributed by atoms with Crippen LogP contribution in [0.3, 0.4) is 0 Å². The molecule has 3 aromatic rings. The SMILES string of the molecule is Cc1cccc2c(=O)n(CCC(=O)NCc3cc(F)cc(F)c3)cnc12. The summed E-state index contributed by atoms with van der Waals surface area (Å²) in [7, 11) is 0. The summed E-state index contributed by atoms with van der Waals surface area (Å²) in [6.45, 7) is 2.05. The Hall–Kier alpha value is -3.09. The Morgan fingerprint density at radius 2 is 1.92 bits per heavy atom. The average molecular weight is 357 g/mol. The van der Waals surface area contributed by atoms with Crippen LogP contribution in [0.15, 0.2) is 47.5 Å². The quantitative estimate of drug-likeness (QED) is 0.764. The molecule has 0 aliphatic heterocycles. The molecule has 5 nitrogen and oxygen atoms in total. The number of halogens is 2. The van der Waals surface area contributed by atoms with Gasteiger partial charge in [0.15, 0.2) is 0 Å². The van der Waals surface area contributed by atoms with E-state index < -0.39 is 11.6 Å². The van der Waals surface area contributed by atoms with Gasteiger partial charge < -0.3 is 5.32 Å². The van der Waals surface area contributed by atoms with Gasteiger partial charge in [0.1, 0.15) is 11.6 Å². The number of para-hydroxylation sites is 1. The molecule has 0 radical (unpaired) electrons. The van der Waals surface area contributed by atoms with Crippen LogP contribution < -0.4 is 10.9 Å². The summed E-state index contributed by atoms with van der Waals surface area (Å²) in [4.78, 5) is 28.7. The molecule has 0 fully saturated rings. The number of rotatable bonds is 5. The van der Waals surface area contributed by atoms with Crippen LogP contribution in [0.5, 0.6) is 0 Å². The van der Waals surface area contributed by atoms with Gasteiger partial charge in [-0.1, -0.05) is 12.1 Å². The first-order valence-corrected chi connectivity index (χ1v) is 8.10. The minimum Gasteiger partial charge on any atom is -0.352 e. The molecule has 0 spiro atoms. The zero-order chi connectivity index (χ0) is 18.7. The third-order valence-electron chi connectivity index (χ3n) is 4.05. The predicted octanol–water partition coefficient (Wildman–Crippen LogP) is 2.69. The minimum atomic E-state index is -0.696. The Kier molecular flexibility index (Phi) is 5.06. The molecule has 0 aliphatic rings. The Balaban J connectivity index is 1.63. The molecule has 1 amide bonds. The van der Waals surface area contributed by atoms with Crippen molar-refractivity contribution in [3.05, 3.63) is 75.8 Å². The number of nitrogens with one attached hydrogen (secondary N) is 1. The second kappa shape index (κ2) is 7.43. The lowest BCUT2D eigenvalue weighted by molar-refractivity contribution is -0.121. The Morgan fingerprint density at radius 3 is 2.65 bits per heavy atom. The van der Waals surface area contributed by atoms with E-state index in [1.807, 2.05) is 13.0 Å². The Morgan fingerprint density at radius 1 is 1.19 bits per heavy atom. The molecule has 26 heavy (non-hydrogen) atoms. The fraction of sp³-hybridized carbons (Fsp3) is 0.211. The van der Waals surface area contributed by atoms with Crippen molar-refractivity contribution in [3.8, 4) is 0 Å². The molecule has 0 atom stereocenters. The minimum absolute atomic E-state index is 0.0115. The van der Waals surface area contributed by atoms with Crippen LogP contribution in [0.25, 0.3) is 10.9 Å². The molecule has 0 saturated heterocycles. The number of carbonyl (C=O) groups is 1. The maximum atomic E-state index is 13.1. The van der Waals surface area contributed by atoms with Gasteiger partial charge in [-0.3, -0.25) is 14.2 Å². The Labute approximate surface area is 148 Å². The molecular formula is C19H17F2N3O2. The fourth-order valence-electron chi connectivity index (χ4n) is 2.72. The third kappa shape index (κ3) is 3.93. The number of amides is 1. The van der Waals surface area contributed by atoms with Crippen molar-refractivity contribution in [2.75, 3.05) is 0 Å². The summed E-state index contributed by atoms with van der Waals surface area (Å²) < 4.78 is 27.6. The van der Waals surface area contributed by atoms with Crippen LogP contribution in [0.4, 0.5) is 8.78 Å². The van der Waals surface area contributed by atoms with Crippen LogP contribution in [0.2, 0.25) is 0 Å². The predicted molar refractivity (Wildman–Crippen MR) is 93.6 cm³/mol. The van der Waals surface area contributed by atoms with Crippen LogP contribution in [-0.2, 0) is 17.9 Å². The molecule has 1 N–H and O–H groups in total. The highest BCUT2D eigenvalue weighted by atomic mass is 19.1. The van der Waals surface area contributed by atoms with Gasteiger partial charge >= 0.3 is 0 Å². The standard InChI is InChI=1S/C19H17F2N3O2/c1-12-3-2-4-16-18(12)23-11-24(19(16)26)6-5-17(25)22-10-13-7-14(20)9-15(21)8-13/h2-4,7-9,11H,5-6,10H2,1H3,(H,22,25). The van der Waals surface area contributed by atoms with Gasteiger partial charge in [0, 0.05) is 25.6 Å². The van der Waals surface area contributed by atoms with Gasteiger partial charge in [-0.05, 0) is 36.2 Å². The number of aromatic nitrogens is 2. The fourth-order valence-corrected chi connectivity index (χ4v) is 2.72. The van der Waals surface area contributed by atoms with Gasteiger partial charge in [0.25, 0.3) is 5.56 Å². The number of carbonyl (C=O) groups excluding carboxylic acids is 1. The first-order valence-electron chi connectivity index (χ1n) is 8.10. The van der Waals surface area contributed by atoms with Crippen molar-refractivity contribution in [2.45, 2.75) is 26.4 Å². The summed E-state index contributed by atoms with van der Waals surface area (Å²) in [5.41, 5.74) is 1.67. The number of hydrogen-bond acceptors (Lipinski definition) is 3. The van der Waals surface area contributed by atoms with E-state index >= 15 is 0 Å². The van der Waals surface area contributed by atoms with Crippen molar-refractivity contribution in [3.63, 3.8) is 0 Å². The van der Waals surface area contributed by atoms with Crippen molar-refractivity contribution in [1.29, 1.82) is 0 Å². The van der Waals surface area contributed by atoms with Crippen molar-refractivity contribution in [2.24, 2.45) is 0 Å². The molecule has 0 saturated carbocycles. The van der Waals surface area contributed by atoms with E-state index in [1.54, 1.807) is 12.1 Å². The van der Waals surface area contributed by atoms with Gasteiger partial charge in [-0.15, -0.1) is 0 Å². The zero-order valence-corrected chi connectivity index (χ0v) is 14.1. The topological polar surface area (TPSA) is 64.0 Å². The molecular weight excluding hydrogens is 340 g/mol. The molecule has 0 bridgehead atoms. The van der Waals surface area contributed by atoms with E-state index in [1.165, 1.54) is 10.9 Å².